The fourth-order valence-electron chi connectivity index (χ4n) is 2.12. The standard InChI is InChI=1S/C16H30F5NS/c1-14(2)8-4-5-10-22(3)11-7-13-23-12-6-9-15(17,18)16(19,20)21/h14H,4-13H2,1-3H3. The second-order valence-corrected chi connectivity index (χ2v) is 7.69. The lowest BCUT2D eigenvalue weighted by Crippen LogP contribution is -2.36. The largest absolute Gasteiger partial charge is 0.453 e. The second-order valence-electron chi connectivity index (χ2n) is 6.46. The normalized spacial score (nSPS) is 13.3. The maximum Gasteiger partial charge on any atom is 0.453 e. The topological polar surface area (TPSA) is 3.24 Å². The number of thioether (sulfide) groups is 1. The molecule has 0 bridgehead atoms. The summed E-state index contributed by atoms with van der Waals surface area (Å²) < 4.78 is 61.2. The molecule has 0 aromatic rings. The van der Waals surface area contributed by atoms with Crippen molar-refractivity contribution in [3.05, 3.63) is 0 Å². The molecule has 140 valence electrons. The maximum atomic E-state index is 12.7. The first-order valence-electron chi connectivity index (χ1n) is 8.27. The number of nitrogens with zero attached hydrogens (tertiary/aromatic N) is 1. The minimum atomic E-state index is -5.42. The van der Waals surface area contributed by atoms with Gasteiger partial charge in [-0.2, -0.15) is 33.7 Å². The third-order valence-corrected chi connectivity index (χ3v) is 4.75. The summed E-state index contributed by atoms with van der Waals surface area (Å²) in [5.41, 5.74) is 0. The Bertz CT molecular complexity index is 295. The van der Waals surface area contributed by atoms with Gasteiger partial charge in [0.05, 0.1) is 0 Å². The zero-order valence-corrected chi connectivity index (χ0v) is 15.2. The van der Waals surface area contributed by atoms with Gasteiger partial charge in [0.15, 0.2) is 0 Å². The van der Waals surface area contributed by atoms with Crippen LogP contribution in [0.3, 0.4) is 0 Å². The van der Waals surface area contributed by atoms with Gasteiger partial charge in [0.1, 0.15) is 0 Å². The maximum absolute atomic E-state index is 12.7. The molecule has 7 heteroatoms. The van der Waals surface area contributed by atoms with Gasteiger partial charge in [-0.25, -0.2) is 0 Å². The van der Waals surface area contributed by atoms with Crippen LogP contribution in [0.4, 0.5) is 22.0 Å². The molecule has 0 unspecified atom stereocenters. The van der Waals surface area contributed by atoms with Crippen molar-refractivity contribution in [3.8, 4) is 0 Å². The van der Waals surface area contributed by atoms with Gasteiger partial charge in [-0.1, -0.05) is 26.7 Å². The molecule has 0 fully saturated rings. The highest BCUT2D eigenvalue weighted by Gasteiger charge is 2.56. The summed E-state index contributed by atoms with van der Waals surface area (Å²) in [6.07, 6.45) is -2.07. The van der Waals surface area contributed by atoms with Crippen molar-refractivity contribution in [1.82, 2.24) is 4.90 Å². The van der Waals surface area contributed by atoms with Crippen LogP contribution < -0.4 is 0 Å². The zero-order chi connectivity index (χ0) is 17.9. The minimum absolute atomic E-state index is 0.109. The van der Waals surface area contributed by atoms with Crippen LogP contribution >= 0.6 is 11.8 Å². The number of halogens is 5. The lowest BCUT2D eigenvalue weighted by molar-refractivity contribution is -0.284. The van der Waals surface area contributed by atoms with E-state index in [9.17, 15) is 22.0 Å². The zero-order valence-electron chi connectivity index (χ0n) is 14.4. The molecule has 0 rings (SSSR count). The van der Waals surface area contributed by atoms with E-state index >= 15 is 0 Å². The van der Waals surface area contributed by atoms with Crippen LogP contribution in [0, 0.1) is 5.92 Å². The van der Waals surface area contributed by atoms with Crippen LogP contribution in [0.25, 0.3) is 0 Å². The second kappa shape index (κ2) is 11.5. The summed E-state index contributed by atoms with van der Waals surface area (Å²) >= 11 is 1.45. The molecule has 0 radical (unpaired) electrons. The monoisotopic (exact) mass is 363 g/mol. The molecule has 0 saturated heterocycles. The molecule has 0 aliphatic rings. The molecule has 23 heavy (non-hydrogen) atoms. The van der Waals surface area contributed by atoms with E-state index in [4.69, 9.17) is 0 Å². The number of rotatable bonds is 13. The predicted molar refractivity (Wildman–Crippen MR) is 88.4 cm³/mol. The van der Waals surface area contributed by atoms with Gasteiger partial charge in [-0.15, -0.1) is 0 Å². The SMILES string of the molecule is CC(C)CCCCN(C)CCCSCCCC(F)(F)C(F)(F)F. The Morgan fingerprint density at radius 1 is 0.870 bits per heavy atom. The summed E-state index contributed by atoms with van der Waals surface area (Å²) in [5, 5.41) is 0. The summed E-state index contributed by atoms with van der Waals surface area (Å²) in [5.74, 6) is -2.66. The number of hydrogen-bond acceptors (Lipinski definition) is 2. The summed E-state index contributed by atoms with van der Waals surface area (Å²) in [7, 11) is 2.06. The highest BCUT2D eigenvalue weighted by molar-refractivity contribution is 7.99. The predicted octanol–water partition coefficient (Wildman–Crippen LogP) is 5.85. The molecule has 0 heterocycles. The minimum Gasteiger partial charge on any atom is -0.306 e. The van der Waals surface area contributed by atoms with Crippen molar-refractivity contribution in [2.45, 2.75) is 64.5 Å². The van der Waals surface area contributed by atoms with Crippen LogP contribution in [0.1, 0.15) is 52.4 Å². The first kappa shape index (κ1) is 23.0. The first-order valence-corrected chi connectivity index (χ1v) is 9.42. The number of unbranched alkanes of at least 4 members (excludes halogenated alkanes) is 1. The third-order valence-electron chi connectivity index (χ3n) is 3.59. The highest BCUT2D eigenvalue weighted by atomic mass is 32.2. The van der Waals surface area contributed by atoms with Crippen LogP contribution in [0.5, 0.6) is 0 Å². The molecule has 0 aliphatic carbocycles. The fraction of sp³-hybridized carbons (Fsp3) is 1.00. The third kappa shape index (κ3) is 12.0. The van der Waals surface area contributed by atoms with E-state index < -0.39 is 18.5 Å². The van der Waals surface area contributed by atoms with E-state index in [1.165, 1.54) is 31.0 Å². The van der Waals surface area contributed by atoms with Gasteiger partial charge >= 0.3 is 12.1 Å². The van der Waals surface area contributed by atoms with Crippen LogP contribution in [0.2, 0.25) is 0 Å². The van der Waals surface area contributed by atoms with Crippen molar-refractivity contribution in [3.63, 3.8) is 0 Å². The summed E-state index contributed by atoms with van der Waals surface area (Å²) in [6, 6.07) is 0. The van der Waals surface area contributed by atoms with Crippen molar-refractivity contribution in [2.75, 3.05) is 31.6 Å². The Morgan fingerprint density at radius 2 is 1.43 bits per heavy atom. The van der Waals surface area contributed by atoms with Gasteiger partial charge in [-0.3, -0.25) is 0 Å². The molecule has 0 aromatic carbocycles. The van der Waals surface area contributed by atoms with Gasteiger partial charge in [0.25, 0.3) is 0 Å². The van der Waals surface area contributed by atoms with Crippen LogP contribution in [-0.2, 0) is 0 Å². The highest BCUT2D eigenvalue weighted by Crippen LogP contribution is 2.39. The van der Waals surface area contributed by atoms with E-state index in [2.05, 4.69) is 25.8 Å². The molecule has 0 atom stereocenters. The molecule has 0 N–H and O–H groups in total. The molecule has 0 saturated carbocycles. The van der Waals surface area contributed by atoms with E-state index in [1.807, 2.05) is 0 Å². The fourth-order valence-corrected chi connectivity index (χ4v) is 3.01. The molecule has 0 aromatic heterocycles. The van der Waals surface area contributed by atoms with Gasteiger partial charge in [0, 0.05) is 6.42 Å². The van der Waals surface area contributed by atoms with Gasteiger partial charge < -0.3 is 4.90 Å². The van der Waals surface area contributed by atoms with E-state index in [1.54, 1.807) is 0 Å². The molecule has 1 nitrogen and oxygen atoms in total. The Kier molecular flexibility index (Phi) is 11.5. The van der Waals surface area contributed by atoms with Crippen molar-refractivity contribution >= 4 is 11.8 Å². The van der Waals surface area contributed by atoms with Crippen molar-refractivity contribution in [2.24, 2.45) is 5.92 Å². The van der Waals surface area contributed by atoms with E-state index in [0.717, 1.165) is 31.2 Å². The Morgan fingerprint density at radius 3 is 2.00 bits per heavy atom. The average molecular weight is 363 g/mol. The quantitative estimate of drug-likeness (QED) is 0.298. The lowest BCUT2D eigenvalue weighted by atomic mass is 10.1. The summed E-state index contributed by atoms with van der Waals surface area (Å²) in [6.45, 7) is 6.42. The van der Waals surface area contributed by atoms with Crippen LogP contribution in [0.15, 0.2) is 0 Å². The van der Waals surface area contributed by atoms with E-state index in [0.29, 0.717) is 5.75 Å². The number of alkyl halides is 5. The smallest absolute Gasteiger partial charge is 0.306 e. The molecular formula is C16H30F5NS. The number of hydrogen-bond donors (Lipinski definition) is 0. The van der Waals surface area contributed by atoms with Gasteiger partial charge in [-0.05, 0) is 56.8 Å². The average Bonchev–Trinajstić information content (AvgIpc) is 2.41. The molecule has 0 amide bonds. The molecular weight excluding hydrogens is 333 g/mol. The van der Waals surface area contributed by atoms with E-state index in [-0.39, 0.29) is 6.42 Å². The lowest BCUT2D eigenvalue weighted by Gasteiger charge is -2.19. The first-order chi connectivity index (χ1) is 10.6. The summed E-state index contributed by atoms with van der Waals surface area (Å²) in [4.78, 5) is 2.25. The Hall–Kier alpha value is -0.0400. The van der Waals surface area contributed by atoms with Crippen molar-refractivity contribution < 1.29 is 22.0 Å². The van der Waals surface area contributed by atoms with Crippen molar-refractivity contribution in [1.29, 1.82) is 0 Å². The Balaban J connectivity index is 3.49. The molecule has 0 aliphatic heterocycles. The molecule has 0 spiro atoms. The Labute approximate surface area is 141 Å². The van der Waals surface area contributed by atoms with Gasteiger partial charge in [0.2, 0.25) is 0 Å². The van der Waals surface area contributed by atoms with Crippen LogP contribution in [-0.4, -0.2) is 48.6 Å².